The van der Waals surface area contributed by atoms with E-state index in [0.717, 1.165) is 25.7 Å². The molecule has 4 aliphatic carbocycles. The van der Waals surface area contributed by atoms with Crippen molar-refractivity contribution >= 4 is 5.97 Å². The maximum absolute atomic E-state index is 13.0. The highest BCUT2D eigenvalue weighted by Gasteiger charge is 2.67. The molecule has 5 atom stereocenters. The van der Waals surface area contributed by atoms with Crippen molar-refractivity contribution in [2.24, 2.45) is 11.3 Å². The van der Waals surface area contributed by atoms with Gasteiger partial charge in [0.25, 0.3) is 0 Å². The molecular weight excluding hydrogens is 292 g/mol. The fourth-order valence-electron chi connectivity index (χ4n) is 5.55. The van der Waals surface area contributed by atoms with Crippen LogP contribution in [0.15, 0.2) is 0 Å². The van der Waals surface area contributed by atoms with Gasteiger partial charge in [0.15, 0.2) is 0 Å². The number of hydrogen-bond acceptors (Lipinski definition) is 4. The van der Waals surface area contributed by atoms with Gasteiger partial charge in [0, 0.05) is 6.42 Å². The number of carbonyl (C=O) groups excluding carboxylic acids is 1. The SMILES string of the molecule is CCC(C)OC12CC3CC(O)(C1)CC(C(=O)OC(C)(C)C)(C3)C2. The molecule has 0 amide bonds. The van der Waals surface area contributed by atoms with Crippen molar-refractivity contribution in [3.05, 3.63) is 0 Å². The van der Waals surface area contributed by atoms with Gasteiger partial charge in [-0.1, -0.05) is 6.92 Å². The molecule has 4 saturated carbocycles. The average molecular weight is 324 g/mol. The Labute approximate surface area is 139 Å². The highest BCUT2D eigenvalue weighted by molar-refractivity contribution is 5.78. The second-order valence-corrected chi connectivity index (χ2v) is 9.54. The molecule has 4 aliphatic rings. The summed E-state index contributed by atoms with van der Waals surface area (Å²) in [6.07, 6.45) is 5.65. The van der Waals surface area contributed by atoms with Gasteiger partial charge in [-0.25, -0.2) is 0 Å². The third-order valence-corrected chi connectivity index (χ3v) is 5.85. The van der Waals surface area contributed by atoms with Gasteiger partial charge in [-0.05, 0) is 72.1 Å². The normalized spacial score (nSPS) is 43.5. The first-order valence-electron chi connectivity index (χ1n) is 9.13. The Balaban J connectivity index is 1.89. The van der Waals surface area contributed by atoms with E-state index in [-0.39, 0.29) is 17.7 Å². The van der Waals surface area contributed by atoms with E-state index < -0.39 is 16.6 Å². The quantitative estimate of drug-likeness (QED) is 0.803. The summed E-state index contributed by atoms with van der Waals surface area (Å²) in [4.78, 5) is 13.0. The predicted octanol–water partition coefficient (Wildman–Crippen LogP) is 3.60. The van der Waals surface area contributed by atoms with Gasteiger partial charge in [0.05, 0.1) is 22.7 Å². The van der Waals surface area contributed by atoms with Gasteiger partial charge in [0.1, 0.15) is 5.60 Å². The largest absolute Gasteiger partial charge is 0.460 e. The lowest BCUT2D eigenvalue weighted by Crippen LogP contribution is -2.66. The van der Waals surface area contributed by atoms with Crippen LogP contribution in [-0.4, -0.2) is 34.0 Å². The summed E-state index contributed by atoms with van der Waals surface area (Å²) < 4.78 is 12.1. The fraction of sp³-hybridized carbons (Fsp3) is 0.947. The first-order valence-corrected chi connectivity index (χ1v) is 9.13. The number of ether oxygens (including phenoxy) is 2. The van der Waals surface area contributed by atoms with Crippen LogP contribution in [0, 0.1) is 11.3 Å². The summed E-state index contributed by atoms with van der Waals surface area (Å²) in [5.74, 6) is 0.234. The van der Waals surface area contributed by atoms with Crippen LogP contribution in [0.3, 0.4) is 0 Å². The molecule has 0 aromatic rings. The number of aliphatic hydroxyl groups is 1. The standard InChI is InChI=1S/C19H32O4/c1-6-13(2)22-19-9-14-7-17(11-19,10-18(21,8-14)12-19)15(20)23-16(3,4)5/h13-14,21H,6-12H2,1-5H3. The summed E-state index contributed by atoms with van der Waals surface area (Å²) in [7, 11) is 0. The molecule has 4 rings (SSSR count). The van der Waals surface area contributed by atoms with E-state index in [9.17, 15) is 9.90 Å². The van der Waals surface area contributed by atoms with E-state index in [4.69, 9.17) is 9.47 Å². The maximum atomic E-state index is 13.0. The lowest BCUT2D eigenvalue weighted by Gasteiger charge is -2.63. The van der Waals surface area contributed by atoms with Crippen molar-refractivity contribution in [3.63, 3.8) is 0 Å². The molecule has 0 radical (unpaired) electrons. The Hall–Kier alpha value is -0.610. The number of rotatable bonds is 4. The molecule has 1 N–H and O–H groups in total. The Bertz CT molecular complexity index is 496. The molecule has 0 heterocycles. The van der Waals surface area contributed by atoms with Gasteiger partial charge in [0.2, 0.25) is 0 Å². The topological polar surface area (TPSA) is 55.8 Å². The highest BCUT2D eigenvalue weighted by atomic mass is 16.6. The Morgan fingerprint density at radius 3 is 2.48 bits per heavy atom. The van der Waals surface area contributed by atoms with E-state index in [0.29, 0.717) is 25.2 Å². The van der Waals surface area contributed by atoms with E-state index in [2.05, 4.69) is 13.8 Å². The van der Waals surface area contributed by atoms with Crippen LogP contribution in [0.1, 0.15) is 79.6 Å². The highest BCUT2D eigenvalue weighted by Crippen LogP contribution is 2.65. The minimum Gasteiger partial charge on any atom is -0.460 e. The Morgan fingerprint density at radius 2 is 1.91 bits per heavy atom. The zero-order chi connectivity index (χ0) is 17.1. The zero-order valence-electron chi connectivity index (χ0n) is 15.3. The first kappa shape index (κ1) is 17.2. The van der Waals surface area contributed by atoms with Crippen LogP contribution in [0.4, 0.5) is 0 Å². The molecule has 0 aromatic carbocycles. The van der Waals surface area contributed by atoms with Crippen molar-refractivity contribution in [1.82, 2.24) is 0 Å². The van der Waals surface area contributed by atoms with Gasteiger partial charge < -0.3 is 14.6 Å². The predicted molar refractivity (Wildman–Crippen MR) is 88.0 cm³/mol. The van der Waals surface area contributed by atoms with Crippen molar-refractivity contribution in [3.8, 4) is 0 Å². The smallest absolute Gasteiger partial charge is 0.312 e. The molecule has 5 unspecified atom stereocenters. The van der Waals surface area contributed by atoms with E-state index >= 15 is 0 Å². The second kappa shape index (κ2) is 5.19. The molecule has 132 valence electrons. The van der Waals surface area contributed by atoms with Crippen LogP contribution in [0.25, 0.3) is 0 Å². The fourth-order valence-corrected chi connectivity index (χ4v) is 5.55. The van der Waals surface area contributed by atoms with E-state index in [1.807, 2.05) is 20.8 Å². The van der Waals surface area contributed by atoms with Crippen molar-refractivity contribution in [1.29, 1.82) is 0 Å². The summed E-state index contributed by atoms with van der Waals surface area (Å²) in [6, 6.07) is 0. The third kappa shape index (κ3) is 3.17. The van der Waals surface area contributed by atoms with E-state index in [1.54, 1.807) is 0 Å². The van der Waals surface area contributed by atoms with Gasteiger partial charge in [-0.2, -0.15) is 0 Å². The monoisotopic (exact) mass is 324 g/mol. The maximum Gasteiger partial charge on any atom is 0.312 e. The van der Waals surface area contributed by atoms with Crippen molar-refractivity contribution in [2.75, 3.05) is 0 Å². The zero-order valence-corrected chi connectivity index (χ0v) is 15.3. The molecule has 4 heteroatoms. The van der Waals surface area contributed by atoms with Crippen molar-refractivity contribution < 1.29 is 19.4 Å². The molecular formula is C19H32O4. The van der Waals surface area contributed by atoms with Crippen molar-refractivity contribution in [2.45, 2.75) is 102 Å². The third-order valence-electron chi connectivity index (χ3n) is 5.85. The van der Waals surface area contributed by atoms with Crippen LogP contribution in [0.2, 0.25) is 0 Å². The molecule has 4 fully saturated rings. The Kier molecular flexibility index (Phi) is 3.89. The molecule has 0 aliphatic heterocycles. The summed E-state index contributed by atoms with van der Waals surface area (Å²) in [5.41, 5.74) is -2.16. The Morgan fingerprint density at radius 1 is 1.22 bits per heavy atom. The minimum atomic E-state index is -0.760. The summed E-state index contributed by atoms with van der Waals surface area (Å²) in [5, 5.41) is 11.1. The van der Waals surface area contributed by atoms with E-state index in [1.165, 1.54) is 0 Å². The lowest BCUT2D eigenvalue weighted by atomic mass is 9.46. The van der Waals surface area contributed by atoms with Crippen LogP contribution >= 0.6 is 0 Å². The van der Waals surface area contributed by atoms with Gasteiger partial charge in [-0.15, -0.1) is 0 Å². The molecule has 0 aromatic heterocycles. The molecule has 0 saturated heterocycles. The van der Waals surface area contributed by atoms with Crippen LogP contribution < -0.4 is 0 Å². The second-order valence-electron chi connectivity index (χ2n) is 9.54. The molecule has 4 nitrogen and oxygen atoms in total. The number of esters is 1. The van der Waals surface area contributed by atoms with Crippen LogP contribution in [0.5, 0.6) is 0 Å². The van der Waals surface area contributed by atoms with Gasteiger partial charge in [-0.3, -0.25) is 4.79 Å². The minimum absolute atomic E-state index is 0.135. The van der Waals surface area contributed by atoms with Gasteiger partial charge >= 0.3 is 5.97 Å². The summed E-state index contributed by atoms with van der Waals surface area (Å²) in [6.45, 7) is 9.93. The molecule has 23 heavy (non-hydrogen) atoms. The lowest BCUT2D eigenvalue weighted by molar-refractivity contribution is -0.263. The first-order chi connectivity index (χ1) is 10.5. The molecule has 0 spiro atoms. The average Bonchev–Trinajstić information content (AvgIpc) is 2.32. The van der Waals surface area contributed by atoms with Crippen LogP contribution in [-0.2, 0) is 14.3 Å². The number of carbonyl (C=O) groups is 1. The number of hydrogen-bond donors (Lipinski definition) is 1. The summed E-state index contributed by atoms with van der Waals surface area (Å²) >= 11 is 0. The molecule has 4 bridgehead atoms.